The van der Waals surface area contributed by atoms with Gasteiger partial charge in [-0.15, -0.1) is 0 Å². The number of nitrogens with zero attached hydrogens (tertiary/aromatic N) is 4. The molecule has 2 aromatic carbocycles. The molecule has 1 heterocycles. The Labute approximate surface area is 174 Å². The summed E-state index contributed by atoms with van der Waals surface area (Å²) in [6.07, 6.45) is 1.52. The van der Waals surface area contributed by atoms with Crippen molar-refractivity contribution in [1.82, 2.24) is 8.75 Å². The van der Waals surface area contributed by atoms with Crippen LogP contribution in [0.2, 0.25) is 0 Å². The van der Waals surface area contributed by atoms with Gasteiger partial charge in [-0.1, -0.05) is 13.8 Å². The molecule has 0 N–H and O–H groups in total. The maximum absolute atomic E-state index is 13.9. The van der Waals surface area contributed by atoms with Crippen LogP contribution in [0.15, 0.2) is 35.4 Å². The summed E-state index contributed by atoms with van der Waals surface area (Å²) in [5.74, 6) is -2.77. The van der Waals surface area contributed by atoms with E-state index >= 15 is 0 Å². The number of halogens is 2. The van der Waals surface area contributed by atoms with E-state index < -0.39 is 17.4 Å². The van der Waals surface area contributed by atoms with Crippen LogP contribution in [0.5, 0.6) is 0 Å². The van der Waals surface area contributed by atoms with Crippen molar-refractivity contribution in [2.75, 3.05) is 0 Å². The number of fused-ring (bicyclic) bond motifs is 2. The van der Waals surface area contributed by atoms with E-state index in [4.69, 9.17) is 0 Å². The van der Waals surface area contributed by atoms with Crippen LogP contribution in [0, 0.1) is 34.3 Å². The van der Waals surface area contributed by atoms with E-state index in [1.807, 2.05) is 19.9 Å². The predicted molar refractivity (Wildman–Crippen MR) is 108 cm³/mol. The molecule has 0 atom stereocenters. The first-order valence-electron chi connectivity index (χ1n) is 8.92. The van der Waals surface area contributed by atoms with Gasteiger partial charge in [0.05, 0.1) is 11.7 Å². The van der Waals surface area contributed by atoms with Gasteiger partial charge in [0, 0.05) is 16.7 Å². The third kappa shape index (κ3) is 2.99. The fourth-order valence-corrected chi connectivity index (χ4v) is 4.07. The van der Waals surface area contributed by atoms with E-state index in [9.17, 15) is 24.1 Å². The van der Waals surface area contributed by atoms with Crippen molar-refractivity contribution < 1.29 is 13.6 Å². The van der Waals surface area contributed by atoms with E-state index in [1.165, 1.54) is 6.08 Å². The van der Waals surface area contributed by atoms with Crippen LogP contribution in [-0.4, -0.2) is 14.5 Å². The van der Waals surface area contributed by atoms with Gasteiger partial charge < -0.3 is 0 Å². The Balaban J connectivity index is 2.01. The number of Topliss-reactive ketones (excluding diaryl/α,β-unsaturated/α-hetero) is 1. The van der Waals surface area contributed by atoms with Crippen molar-refractivity contribution in [2.24, 2.45) is 0 Å². The molecule has 30 heavy (non-hydrogen) atoms. The van der Waals surface area contributed by atoms with E-state index in [0.29, 0.717) is 11.1 Å². The minimum Gasteiger partial charge on any atom is -0.289 e. The van der Waals surface area contributed by atoms with Crippen LogP contribution < -0.4 is 0 Å². The number of hydrogen-bond donors (Lipinski definition) is 0. The zero-order chi connectivity index (χ0) is 21.6. The van der Waals surface area contributed by atoms with Crippen molar-refractivity contribution in [1.29, 1.82) is 10.5 Å². The lowest BCUT2D eigenvalue weighted by atomic mass is 9.95. The van der Waals surface area contributed by atoms with Crippen LogP contribution in [0.4, 0.5) is 8.78 Å². The molecule has 4 rings (SSSR count). The monoisotopic (exact) mass is 418 g/mol. The molecule has 0 unspecified atom stereocenters. The normalized spacial score (nSPS) is 14.3. The third-order valence-electron chi connectivity index (χ3n) is 4.91. The minimum atomic E-state index is -1.17. The standard InChI is InChI=1S/C22H12F2N4OS/c1-10(2)13-3-11(5-19-21(13)28-30-27-19)4-16-20(12(8-25)9-26)14-6-17(23)18(24)7-15(14)22(16)29/h3-7,10H,1-2H3/b16-4-. The number of benzene rings is 2. The summed E-state index contributed by atoms with van der Waals surface area (Å²) in [6.45, 7) is 4.00. The summed E-state index contributed by atoms with van der Waals surface area (Å²) in [7, 11) is 0. The molecule has 0 radical (unpaired) electrons. The molecule has 0 amide bonds. The van der Waals surface area contributed by atoms with E-state index in [0.717, 1.165) is 34.9 Å². The van der Waals surface area contributed by atoms with Gasteiger partial charge in [0.1, 0.15) is 28.7 Å². The van der Waals surface area contributed by atoms with Gasteiger partial charge in [0.25, 0.3) is 0 Å². The second-order valence-corrected chi connectivity index (χ2v) is 7.60. The Bertz CT molecular complexity index is 1370. The summed E-state index contributed by atoms with van der Waals surface area (Å²) in [5, 5.41) is 18.8. The highest BCUT2D eigenvalue weighted by atomic mass is 32.1. The Kier molecular flexibility index (Phi) is 4.73. The largest absolute Gasteiger partial charge is 0.289 e. The predicted octanol–water partition coefficient (Wildman–Crippen LogP) is 5.17. The van der Waals surface area contributed by atoms with Gasteiger partial charge in [-0.3, -0.25) is 4.79 Å². The second-order valence-electron chi connectivity index (χ2n) is 7.07. The number of carbonyl (C=O) groups is 1. The first kappa shape index (κ1) is 19.6. The molecule has 0 bridgehead atoms. The maximum atomic E-state index is 13.9. The maximum Gasteiger partial charge on any atom is 0.194 e. The molecule has 1 aliphatic rings. The highest BCUT2D eigenvalue weighted by molar-refractivity contribution is 7.00. The molecular formula is C22H12F2N4OS. The zero-order valence-corrected chi connectivity index (χ0v) is 16.6. The summed E-state index contributed by atoms with van der Waals surface area (Å²) in [5.41, 5.74) is 2.61. The number of rotatable bonds is 2. The van der Waals surface area contributed by atoms with Crippen LogP contribution in [0.3, 0.4) is 0 Å². The molecular weight excluding hydrogens is 406 g/mol. The summed E-state index contributed by atoms with van der Waals surface area (Å²) >= 11 is 1.08. The van der Waals surface area contributed by atoms with Crippen LogP contribution >= 0.6 is 11.7 Å². The highest BCUT2D eigenvalue weighted by Crippen LogP contribution is 2.41. The van der Waals surface area contributed by atoms with E-state index in [1.54, 1.807) is 18.2 Å². The summed E-state index contributed by atoms with van der Waals surface area (Å²) in [6, 6.07) is 8.74. The molecule has 5 nitrogen and oxygen atoms in total. The molecule has 1 aliphatic carbocycles. The SMILES string of the molecule is CC(C)c1cc(/C=C2\C(=O)c3cc(F)c(F)cc3C2=C(C#N)C#N)cc2nsnc12. The van der Waals surface area contributed by atoms with E-state index in [-0.39, 0.29) is 33.8 Å². The fraction of sp³-hybridized carbons (Fsp3) is 0.136. The lowest BCUT2D eigenvalue weighted by Gasteiger charge is -2.08. The van der Waals surface area contributed by atoms with Crippen LogP contribution in [0.1, 0.15) is 46.8 Å². The molecule has 146 valence electrons. The van der Waals surface area contributed by atoms with Crippen molar-refractivity contribution in [3.8, 4) is 12.1 Å². The highest BCUT2D eigenvalue weighted by Gasteiger charge is 2.34. The van der Waals surface area contributed by atoms with Gasteiger partial charge in [-0.2, -0.15) is 19.3 Å². The van der Waals surface area contributed by atoms with Crippen molar-refractivity contribution in [3.05, 3.63) is 69.3 Å². The minimum absolute atomic E-state index is 0.00139. The lowest BCUT2D eigenvalue weighted by molar-refractivity contribution is 0.104. The Morgan fingerprint density at radius 3 is 2.37 bits per heavy atom. The summed E-state index contributed by atoms with van der Waals surface area (Å²) in [4.78, 5) is 13.0. The van der Waals surface area contributed by atoms with Crippen LogP contribution in [-0.2, 0) is 0 Å². The lowest BCUT2D eigenvalue weighted by Crippen LogP contribution is -1.98. The Morgan fingerprint density at radius 1 is 1.07 bits per heavy atom. The Hall–Kier alpha value is -3.75. The number of nitriles is 2. The average molecular weight is 418 g/mol. The molecule has 1 aromatic heterocycles. The smallest absolute Gasteiger partial charge is 0.194 e. The van der Waals surface area contributed by atoms with Gasteiger partial charge in [-0.05, 0) is 52.9 Å². The van der Waals surface area contributed by atoms with Gasteiger partial charge >= 0.3 is 0 Å². The molecule has 0 fully saturated rings. The molecule has 0 aliphatic heterocycles. The first-order valence-corrected chi connectivity index (χ1v) is 9.65. The van der Waals surface area contributed by atoms with Crippen molar-refractivity contribution in [3.63, 3.8) is 0 Å². The topological polar surface area (TPSA) is 90.4 Å². The number of allylic oxidation sites excluding steroid dienone is 3. The molecule has 0 spiro atoms. The number of ketones is 1. The Morgan fingerprint density at radius 2 is 1.73 bits per heavy atom. The molecule has 3 aromatic rings. The second kappa shape index (κ2) is 7.25. The fourth-order valence-electron chi connectivity index (χ4n) is 3.52. The quantitative estimate of drug-likeness (QED) is 0.423. The van der Waals surface area contributed by atoms with Crippen LogP contribution in [0.25, 0.3) is 22.7 Å². The van der Waals surface area contributed by atoms with Crippen molar-refractivity contribution in [2.45, 2.75) is 19.8 Å². The molecule has 8 heteroatoms. The molecule has 0 saturated heterocycles. The van der Waals surface area contributed by atoms with Crippen molar-refractivity contribution >= 4 is 40.2 Å². The number of carbonyl (C=O) groups excluding carboxylic acids is 1. The molecule has 0 saturated carbocycles. The van der Waals surface area contributed by atoms with Gasteiger partial charge in [0.2, 0.25) is 0 Å². The zero-order valence-electron chi connectivity index (χ0n) is 15.8. The number of hydrogen-bond acceptors (Lipinski definition) is 6. The average Bonchev–Trinajstić information content (AvgIpc) is 3.28. The van der Waals surface area contributed by atoms with Gasteiger partial charge in [-0.25, -0.2) is 8.78 Å². The van der Waals surface area contributed by atoms with E-state index in [2.05, 4.69) is 8.75 Å². The van der Waals surface area contributed by atoms with Gasteiger partial charge in [0.15, 0.2) is 17.4 Å². The first-order chi connectivity index (χ1) is 14.3. The third-order valence-corrected chi connectivity index (χ3v) is 5.45. The summed E-state index contributed by atoms with van der Waals surface area (Å²) < 4.78 is 36.2. The number of aromatic nitrogens is 2.